The molecule has 1 aliphatic heterocycles. The van der Waals surface area contributed by atoms with Gasteiger partial charge in [0.25, 0.3) is 0 Å². The Morgan fingerprint density at radius 3 is 2.56 bits per heavy atom. The van der Waals surface area contributed by atoms with Crippen molar-refractivity contribution >= 4 is 21.4 Å². The molecule has 13 nitrogen and oxygen atoms in total. The van der Waals surface area contributed by atoms with Gasteiger partial charge in [0.1, 0.15) is 24.1 Å². The second-order valence-electron chi connectivity index (χ2n) is 5.36. The Morgan fingerprint density at radius 1 is 1.36 bits per heavy atom. The summed E-state index contributed by atoms with van der Waals surface area (Å²) in [5, 5.41) is 19.9. The van der Waals surface area contributed by atoms with E-state index in [1.165, 1.54) is 12.3 Å². The van der Waals surface area contributed by atoms with Gasteiger partial charge in [-0.2, -0.15) is 19.7 Å². The van der Waals surface area contributed by atoms with Crippen molar-refractivity contribution in [2.45, 2.75) is 24.5 Å². The quantitative estimate of drug-likeness (QED) is 0.243. The standard InChI is InChI=1S/C10H17N3O10P2/c11-6-1-2-13(10(16)12-6)9-8(15)7(14)5(23-9)3-22-25(20,21)4-24(17,18)19/h1-2,5,7-9,14-15,17-19H,3-4H2,(H2-,11,12,16,20,21)/p+1. The number of anilines is 1. The molecule has 0 bridgehead atoms. The maximum atomic E-state index is 11.8. The molecule has 0 saturated carbocycles. The predicted octanol–water partition coefficient (Wildman–Crippen LogP) is -2.66. The molecule has 8 N–H and O–H groups in total. The van der Waals surface area contributed by atoms with E-state index in [1.807, 2.05) is 0 Å². The average molecular weight is 402 g/mol. The third-order valence-electron chi connectivity index (χ3n) is 3.27. The van der Waals surface area contributed by atoms with Gasteiger partial charge in [0.05, 0.1) is 6.61 Å². The van der Waals surface area contributed by atoms with Crippen LogP contribution in [0.2, 0.25) is 0 Å². The summed E-state index contributed by atoms with van der Waals surface area (Å²) in [6, 6.07) is 1.27. The fourth-order valence-electron chi connectivity index (χ4n) is 2.19. The Kier molecular flexibility index (Phi) is 5.96. The third kappa shape index (κ3) is 5.25. The molecule has 0 aromatic carbocycles. The summed E-state index contributed by atoms with van der Waals surface area (Å²) in [5.41, 5.74) is 4.50. The Bertz CT molecular complexity index is 722. The fourth-order valence-corrected chi connectivity index (χ4v) is 4.81. The lowest BCUT2D eigenvalue weighted by Gasteiger charge is -2.17. The van der Waals surface area contributed by atoms with Gasteiger partial charge in [0.15, 0.2) is 6.23 Å². The number of nitrogen functional groups attached to an aromatic ring is 1. The first-order chi connectivity index (χ1) is 11.4. The molecule has 0 radical (unpaired) electrons. The van der Waals surface area contributed by atoms with Gasteiger partial charge in [-0.1, -0.05) is 0 Å². The molecule has 1 fully saturated rings. The number of nitrogens with two attached hydrogens (primary N) is 1. The normalized spacial score (nSPS) is 29.5. The van der Waals surface area contributed by atoms with Gasteiger partial charge in [-0.3, -0.25) is 9.13 Å². The summed E-state index contributed by atoms with van der Waals surface area (Å²) in [4.78, 5) is 51.1. The topological polar surface area (TPSA) is 218 Å². The molecule has 1 aromatic rings. The van der Waals surface area contributed by atoms with Crippen LogP contribution in [0.15, 0.2) is 17.1 Å². The lowest BCUT2D eigenvalue weighted by Crippen LogP contribution is -2.36. The third-order valence-corrected chi connectivity index (χ3v) is 6.77. The van der Waals surface area contributed by atoms with Gasteiger partial charge >= 0.3 is 21.2 Å². The van der Waals surface area contributed by atoms with Crippen LogP contribution in [-0.2, 0) is 13.8 Å². The number of rotatable bonds is 6. The van der Waals surface area contributed by atoms with E-state index in [0.717, 1.165) is 4.57 Å². The van der Waals surface area contributed by atoms with Crippen molar-refractivity contribution in [2.75, 3.05) is 18.2 Å². The highest BCUT2D eigenvalue weighted by Crippen LogP contribution is 2.60. The second-order valence-corrected chi connectivity index (χ2v) is 9.41. The van der Waals surface area contributed by atoms with Crippen LogP contribution in [0, 0.1) is 0 Å². The summed E-state index contributed by atoms with van der Waals surface area (Å²) in [5.74, 6) is -1.35. The van der Waals surface area contributed by atoms with Gasteiger partial charge < -0.3 is 30.1 Å². The zero-order valence-electron chi connectivity index (χ0n) is 12.6. The van der Waals surface area contributed by atoms with Crippen LogP contribution in [0.1, 0.15) is 6.23 Å². The average Bonchev–Trinajstić information content (AvgIpc) is 2.71. The largest absolute Gasteiger partial charge is 0.416 e. The van der Waals surface area contributed by atoms with Crippen molar-refractivity contribution in [3.8, 4) is 0 Å². The fraction of sp³-hybridized carbons (Fsp3) is 0.600. The number of nitrogens with zero attached hydrogens (tertiary/aromatic N) is 2. The minimum atomic E-state index is -4.59. The maximum absolute atomic E-state index is 11.8. The van der Waals surface area contributed by atoms with Crippen molar-refractivity contribution in [1.82, 2.24) is 9.55 Å². The van der Waals surface area contributed by atoms with Crippen LogP contribution in [-0.4, -0.2) is 70.2 Å². The smallest absolute Gasteiger partial charge is 0.387 e. The van der Waals surface area contributed by atoms with Gasteiger partial charge in [0, 0.05) is 6.20 Å². The molecule has 2 heterocycles. The van der Waals surface area contributed by atoms with Gasteiger partial charge in [-0.15, -0.1) is 0 Å². The Labute approximate surface area is 141 Å². The first-order valence-corrected chi connectivity index (χ1v) is 10.4. The van der Waals surface area contributed by atoms with Crippen LogP contribution in [0.5, 0.6) is 0 Å². The summed E-state index contributed by atoms with van der Waals surface area (Å²) in [6.45, 7) is -0.723. The predicted molar refractivity (Wildman–Crippen MR) is 83.1 cm³/mol. The molecular formula is C10H18N3O10P2+. The van der Waals surface area contributed by atoms with Crippen molar-refractivity contribution in [1.29, 1.82) is 0 Å². The van der Waals surface area contributed by atoms with Crippen LogP contribution in [0.3, 0.4) is 0 Å². The molecule has 142 valence electrons. The molecule has 0 spiro atoms. The summed E-state index contributed by atoms with van der Waals surface area (Å²) >= 11 is 0. The molecule has 25 heavy (non-hydrogen) atoms. The highest BCUT2D eigenvalue weighted by molar-refractivity contribution is 7.73. The van der Waals surface area contributed by atoms with E-state index < -0.39 is 58.3 Å². The van der Waals surface area contributed by atoms with Crippen LogP contribution >= 0.6 is 15.5 Å². The molecule has 0 amide bonds. The molecule has 0 aliphatic carbocycles. The zero-order chi connectivity index (χ0) is 19.0. The lowest BCUT2D eigenvalue weighted by molar-refractivity contribution is -0.0523. The van der Waals surface area contributed by atoms with E-state index in [-0.39, 0.29) is 5.82 Å². The Morgan fingerprint density at radius 2 is 2.00 bits per heavy atom. The molecule has 1 aromatic heterocycles. The first kappa shape index (κ1) is 20.3. The van der Waals surface area contributed by atoms with Crippen molar-refractivity contribution in [3.05, 3.63) is 22.7 Å². The zero-order valence-corrected chi connectivity index (χ0v) is 14.3. The number of aliphatic hydroxyl groups is 2. The second kappa shape index (κ2) is 7.33. The molecule has 15 heteroatoms. The van der Waals surface area contributed by atoms with Gasteiger partial charge in [-0.25, -0.2) is 4.79 Å². The minimum Gasteiger partial charge on any atom is -0.387 e. The number of aliphatic hydroxyl groups excluding tert-OH is 2. The SMILES string of the molecule is Nc1ccn(C2OC(COP(=O)(O)C[P+](O)(O)O)C(O)C2O)c(=O)n1. The molecular weight excluding hydrogens is 384 g/mol. The number of ether oxygens (including phenoxy) is 1. The molecule has 5 unspecified atom stereocenters. The molecule has 5 atom stereocenters. The van der Waals surface area contributed by atoms with E-state index in [9.17, 15) is 24.5 Å². The van der Waals surface area contributed by atoms with Crippen LogP contribution < -0.4 is 11.4 Å². The molecule has 1 aliphatic rings. The van der Waals surface area contributed by atoms with Crippen LogP contribution in [0.4, 0.5) is 5.82 Å². The van der Waals surface area contributed by atoms with Crippen molar-refractivity contribution < 1.29 is 43.6 Å². The summed E-state index contributed by atoms with van der Waals surface area (Å²) in [6.07, 6.45) is -4.62. The van der Waals surface area contributed by atoms with E-state index in [0.29, 0.717) is 0 Å². The van der Waals surface area contributed by atoms with E-state index in [1.54, 1.807) is 0 Å². The highest BCUT2D eigenvalue weighted by Gasteiger charge is 2.47. The Hall–Kier alpha value is -0.980. The molecule has 2 rings (SSSR count). The minimum absolute atomic E-state index is 0.0563. The summed E-state index contributed by atoms with van der Waals surface area (Å²) in [7, 11) is -9.14. The van der Waals surface area contributed by atoms with Crippen molar-refractivity contribution in [2.24, 2.45) is 0 Å². The first-order valence-electron chi connectivity index (χ1n) is 6.78. The van der Waals surface area contributed by atoms with E-state index in [2.05, 4.69) is 9.51 Å². The van der Waals surface area contributed by atoms with Crippen LogP contribution in [0.25, 0.3) is 0 Å². The van der Waals surface area contributed by atoms with E-state index >= 15 is 0 Å². The maximum Gasteiger partial charge on any atom is 0.416 e. The summed E-state index contributed by atoms with van der Waals surface area (Å²) < 4.78 is 22.3. The molecule has 1 saturated heterocycles. The monoisotopic (exact) mass is 402 g/mol. The number of hydrogen-bond acceptors (Lipinski definition) is 11. The highest BCUT2D eigenvalue weighted by atomic mass is 31.3. The van der Waals surface area contributed by atoms with Crippen molar-refractivity contribution in [3.63, 3.8) is 0 Å². The number of hydrogen-bond donors (Lipinski definition) is 7. The Balaban J connectivity index is 2.07. The van der Waals surface area contributed by atoms with E-state index in [4.69, 9.17) is 25.2 Å². The lowest BCUT2D eigenvalue weighted by atomic mass is 10.1. The van der Waals surface area contributed by atoms with Gasteiger partial charge in [0.2, 0.25) is 5.90 Å². The van der Waals surface area contributed by atoms with Gasteiger partial charge in [-0.05, 0) is 6.07 Å². The number of aromatic nitrogens is 2.